The molecule has 0 bridgehead atoms. The minimum absolute atomic E-state index is 0.151. The molecule has 2 heterocycles. The molecule has 3 aromatic rings. The summed E-state index contributed by atoms with van der Waals surface area (Å²) in [7, 11) is 0. The summed E-state index contributed by atoms with van der Waals surface area (Å²) < 4.78 is 0.986. The highest BCUT2D eigenvalue weighted by Crippen LogP contribution is 2.36. The zero-order chi connectivity index (χ0) is 17.4. The van der Waals surface area contributed by atoms with E-state index < -0.39 is 0 Å². The molecule has 0 spiro atoms. The Kier molecular flexibility index (Phi) is 4.44. The Balaban J connectivity index is 2.30. The Bertz CT molecular complexity index is 1020. The normalized spacial score (nSPS) is 10.6. The second-order valence-electron chi connectivity index (χ2n) is 5.75. The molecular weight excluding hydrogens is 384 g/mol. The van der Waals surface area contributed by atoms with Gasteiger partial charge in [-0.05, 0) is 60.5 Å². The van der Waals surface area contributed by atoms with Crippen LogP contribution in [0.3, 0.4) is 0 Å². The van der Waals surface area contributed by atoms with Gasteiger partial charge in [-0.25, -0.2) is 0 Å². The number of hydrogen-bond donors (Lipinski definition) is 1. The predicted molar refractivity (Wildman–Crippen MR) is 102 cm³/mol. The van der Waals surface area contributed by atoms with E-state index in [2.05, 4.69) is 20.9 Å². The van der Waals surface area contributed by atoms with Gasteiger partial charge in [0, 0.05) is 31.0 Å². The van der Waals surface area contributed by atoms with Gasteiger partial charge in [0.05, 0.1) is 0 Å². The quantitative estimate of drug-likeness (QED) is 0.633. The van der Waals surface area contributed by atoms with E-state index in [4.69, 9.17) is 0 Å². The number of benzene rings is 1. The van der Waals surface area contributed by atoms with E-state index in [9.17, 15) is 10.1 Å². The summed E-state index contributed by atoms with van der Waals surface area (Å²) in [5.41, 5.74) is 4.39. The number of H-pyrrole nitrogens is 1. The van der Waals surface area contributed by atoms with E-state index in [1.54, 1.807) is 11.3 Å². The Morgan fingerprint density at radius 2 is 1.88 bits per heavy atom. The first-order chi connectivity index (χ1) is 11.4. The number of aromatic amines is 1. The zero-order valence-corrected chi connectivity index (χ0v) is 15.9. The van der Waals surface area contributed by atoms with E-state index in [-0.39, 0.29) is 11.1 Å². The summed E-state index contributed by atoms with van der Waals surface area (Å²) in [6.45, 7) is 6.03. The molecule has 0 atom stereocenters. The van der Waals surface area contributed by atoms with Crippen molar-refractivity contribution < 1.29 is 0 Å². The molecule has 3 rings (SSSR count). The summed E-state index contributed by atoms with van der Waals surface area (Å²) in [6.07, 6.45) is 0. The van der Waals surface area contributed by atoms with Gasteiger partial charge in [0.25, 0.3) is 5.56 Å². The van der Waals surface area contributed by atoms with Crippen molar-refractivity contribution in [3.63, 3.8) is 0 Å². The van der Waals surface area contributed by atoms with Crippen molar-refractivity contribution in [2.45, 2.75) is 20.8 Å². The Labute approximate surface area is 152 Å². The van der Waals surface area contributed by atoms with E-state index in [0.29, 0.717) is 5.56 Å². The molecule has 1 aromatic carbocycles. The smallest absolute Gasteiger partial charge is 0.267 e. The van der Waals surface area contributed by atoms with Crippen LogP contribution in [-0.2, 0) is 0 Å². The molecule has 120 valence electrons. The molecule has 2 aromatic heterocycles. The van der Waals surface area contributed by atoms with Crippen molar-refractivity contribution in [2.24, 2.45) is 0 Å². The molecule has 0 saturated heterocycles. The lowest BCUT2D eigenvalue weighted by molar-refractivity contribution is 1.21. The standard InChI is InChI=1S/C19H15BrN2OS/c1-10-4-5-11(2)13(6-10)17-7-14(15(9-21)19(23)22-17)18-8-16(20)12(3)24-18/h4-8H,1-3H3,(H,22,23). The van der Waals surface area contributed by atoms with Gasteiger partial charge in [0.2, 0.25) is 0 Å². The predicted octanol–water partition coefficient (Wildman–Crippen LogP) is 5.33. The van der Waals surface area contributed by atoms with Crippen LogP contribution < -0.4 is 5.56 Å². The third-order valence-electron chi connectivity index (χ3n) is 3.95. The molecule has 5 heteroatoms. The number of thiophene rings is 1. The molecule has 3 nitrogen and oxygen atoms in total. The Morgan fingerprint density at radius 3 is 2.50 bits per heavy atom. The van der Waals surface area contributed by atoms with Crippen molar-refractivity contribution in [1.82, 2.24) is 4.98 Å². The van der Waals surface area contributed by atoms with Gasteiger partial charge in [-0.3, -0.25) is 4.79 Å². The first-order valence-corrected chi connectivity index (χ1v) is 9.03. The topological polar surface area (TPSA) is 56.6 Å². The SMILES string of the molecule is Cc1ccc(C)c(-c2cc(-c3cc(Br)c(C)s3)c(C#N)c(=O)[nH]2)c1. The first-order valence-electron chi connectivity index (χ1n) is 7.42. The minimum Gasteiger partial charge on any atom is -0.321 e. The molecule has 0 amide bonds. The van der Waals surface area contributed by atoms with Gasteiger partial charge in [0.15, 0.2) is 0 Å². The number of pyridine rings is 1. The molecule has 24 heavy (non-hydrogen) atoms. The van der Waals surface area contributed by atoms with Crippen LogP contribution in [0.5, 0.6) is 0 Å². The second-order valence-corrected chi connectivity index (χ2v) is 7.86. The fourth-order valence-electron chi connectivity index (χ4n) is 2.63. The number of rotatable bonds is 2. The average Bonchev–Trinajstić information content (AvgIpc) is 2.88. The highest BCUT2D eigenvalue weighted by molar-refractivity contribution is 9.10. The van der Waals surface area contributed by atoms with Crippen LogP contribution in [-0.4, -0.2) is 4.98 Å². The van der Waals surface area contributed by atoms with Gasteiger partial charge < -0.3 is 4.98 Å². The van der Waals surface area contributed by atoms with Crippen molar-refractivity contribution in [2.75, 3.05) is 0 Å². The number of halogens is 1. The maximum atomic E-state index is 12.4. The van der Waals surface area contributed by atoms with Gasteiger partial charge in [-0.15, -0.1) is 11.3 Å². The van der Waals surface area contributed by atoms with Crippen molar-refractivity contribution in [1.29, 1.82) is 5.26 Å². The van der Waals surface area contributed by atoms with Gasteiger partial charge in [-0.2, -0.15) is 5.26 Å². The van der Waals surface area contributed by atoms with Gasteiger partial charge in [-0.1, -0.05) is 17.7 Å². The lowest BCUT2D eigenvalue weighted by atomic mass is 9.99. The van der Waals surface area contributed by atoms with Crippen LogP contribution >= 0.6 is 27.3 Å². The van der Waals surface area contributed by atoms with E-state index in [1.165, 1.54) is 0 Å². The number of hydrogen-bond acceptors (Lipinski definition) is 3. The summed E-state index contributed by atoms with van der Waals surface area (Å²) in [5.74, 6) is 0. The number of aryl methyl sites for hydroxylation is 3. The second kappa shape index (κ2) is 6.39. The van der Waals surface area contributed by atoms with Crippen molar-refractivity contribution in [3.05, 3.63) is 66.7 Å². The lowest BCUT2D eigenvalue weighted by Crippen LogP contribution is -2.12. The van der Waals surface area contributed by atoms with Crippen LogP contribution in [0.25, 0.3) is 21.7 Å². The summed E-state index contributed by atoms with van der Waals surface area (Å²) in [4.78, 5) is 17.3. The molecule has 0 aliphatic rings. The highest BCUT2D eigenvalue weighted by Gasteiger charge is 2.16. The minimum atomic E-state index is -0.354. The van der Waals surface area contributed by atoms with Gasteiger partial charge >= 0.3 is 0 Å². The van der Waals surface area contributed by atoms with Crippen LogP contribution in [0, 0.1) is 32.1 Å². The fourth-order valence-corrected chi connectivity index (χ4v) is 4.19. The number of nitrogens with one attached hydrogen (secondary N) is 1. The van der Waals surface area contributed by atoms with E-state index >= 15 is 0 Å². The summed E-state index contributed by atoms with van der Waals surface area (Å²) >= 11 is 5.07. The van der Waals surface area contributed by atoms with Crippen molar-refractivity contribution in [3.8, 4) is 27.8 Å². The highest BCUT2D eigenvalue weighted by atomic mass is 79.9. The summed E-state index contributed by atoms with van der Waals surface area (Å²) in [5, 5.41) is 9.42. The molecule has 0 aliphatic heterocycles. The molecule has 0 fully saturated rings. The van der Waals surface area contributed by atoms with Crippen LogP contribution in [0.15, 0.2) is 39.6 Å². The largest absolute Gasteiger partial charge is 0.321 e. The monoisotopic (exact) mass is 398 g/mol. The number of nitriles is 1. The Hall–Kier alpha value is -2.16. The molecular formula is C19H15BrN2OS. The lowest BCUT2D eigenvalue weighted by Gasteiger charge is -2.10. The molecule has 0 radical (unpaired) electrons. The van der Waals surface area contributed by atoms with Crippen molar-refractivity contribution >= 4 is 27.3 Å². The average molecular weight is 399 g/mol. The zero-order valence-electron chi connectivity index (χ0n) is 13.5. The van der Waals surface area contributed by atoms with E-state index in [1.807, 2.05) is 57.2 Å². The molecule has 0 saturated carbocycles. The third-order valence-corrected chi connectivity index (χ3v) is 6.12. The summed E-state index contributed by atoms with van der Waals surface area (Å²) in [6, 6.07) is 12.0. The number of aromatic nitrogens is 1. The van der Waals surface area contributed by atoms with Crippen LogP contribution in [0.4, 0.5) is 0 Å². The maximum absolute atomic E-state index is 12.4. The molecule has 0 aliphatic carbocycles. The fraction of sp³-hybridized carbons (Fsp3) is 0.158. The number of nitrogens with zero attached hydrogens (tertiary/aromatic N) is 1. The first kappa shape index (κ1) is 16.7. The maximum Gasteiger partial charge on any atom is 0.267 e. The van der Waals surface area contributed by atoms with Crippen LogP contribution in [0.1, 0.15) is 21.6 Å². The third kappa shape index (κ3) is 2.95. The molecule has 0 unspecified atom stereocenters. The molecule has 1 N–H and O–H groups in total. The van der Waals surface area contributed by atoms with Gasteiger partial charge in [0.1, 0.15) is 11.6 Å². The Morgan fingerprint density at radius 1 is 1.12 bits per heavy atom. The van der Waals surface area contributed by atoms with Crippen LogP contribution in [0.2, 0.25) is 0 Å². The van der Waals surface area contributed by atoms with E-state index in [0.717, 1.165) is 36.6 Å².